The highest BCUT2D eigenvalue weighted by atomic mass is 32.1. The molecule has 0 aliphatic carbocycles. The van der Waals surface area contributed by atoms with Gasteiger partial charge in [0.05, 0.1) is 0 Å². The number of anilines is 1. The van der Waals surface area contributed by atoms with Crippen LogP contribution in [0.1, 0.15) is 12.0 Å². The summed E-state index contributed by atoms with van der Waals surface area (Å²) in [6.07, 6.45) is 1.92. The molecule has 0 aromatic heterocycles. The molecule has 27 heavy (non-hydrogen) atoms. The lowest BCUT2D eigenvalue weighted by atomic mass is 10.1. The van der Waals surface area contributed by atoms with E-state index in [9.17, 15) is 4.79 Å². The molecule has 144 valence electrons. The van der Waals surface area contributed by atoms with Crippen LogP contribution in [0.4, 0.5) is 5.69 Å². The van der Waals surface area contributed by atoms with Gasteiger partial charge in [0.2, 0.25) is 0 Å². The first-order valence-electron chi connectivity index (χ1n) is 8.81. The minimum atomic E-state index is -0.307. The van der Waals surface area contributed by atoms with E-state index in [0.717, 1.165) is 25.1 Å². The van der Waals surface area contributed by atoms with Gasteiger partial charge in [-0.2, -0.15) is 0 Å². The van der Waals surface area contributed by atoms with Gasteiger partial charge < -0.3 is 15.0 Å². The highest BCUT2D eigenvalue weighted by Gasteiger charge is 2.05. The third kappa shape index (κ3) is 7.96. The predicted octanol–water partition coefficient (Wildman–Crippen LogP) is 2.26. The molecule has 0 aliphatic heterocycles. The number of carbonyl (C=O) groups is 1. The Morgan fingerprint density at radius 1 is 1.07 bits per heavy atom. The molecule has 2 rings (SSSR count). The molecule has 3 N–H and O–H groups in total. The average Bonchev–Trinajstić information content (AvgIpc) is 2.69. The maximum absolute atomic E-state index is 11.9. The number of benzene rings is 2. The summed E-state index contributed by atoms with van der Waals surface area (Å²) in [5, 5.41) is 3.44. The van der Waals surface area contributed by atoms with Gasteiger partial charge in [0.1, 0.15) is 5.75 Å². The fourth-order valence-corrected chi connectivity index (χ4v) is 2.50. The van der Waals surface area contributed by atoms with E-state index in [2.05, 4.69) is 28.3 Å². The van der Waals surface area contributed by atoms with Crippen LogP contribution in [0.3, 0.4) is 0 Å². The fourth-order valence-electron chi connectivity index (χ4n) is 2.35. The lowest BCUT2D eigenvalue weighted by Gasteiger charge is -2.14. The molecule has 0 saturated heterocycles. The summed E-state index contributed by atoms with van der Waals surface area (Å²) in [6, 6.07) is 17.8. The molecule has 2 aromatic rings. The second-order valence-corrected chi connectivity index (χ2v) is 6.61. The molecule has 0 spiro atoms. The number of nitrogens with zero attached hydrogens (tertiary/aromatic N) is 1. The summed E-state index contributed by atoms with van der Waals surface area (Å²) in [4.78, 5) is 13.8. The first kappa shape index (κ1) is 20.5. The largest absolute Gasteiger partial charge is 0.484 e. The molecule has 0 unspecified atom stereocenters. The summed E-state index contributed by atoms with van der Waals surface area (Å²) < 4.78 is 5.50. The van der Waals surface area contributed by atoms with E-state index in [1.165, 1.54) is 5.56 Å². The zero-order valence-corrected chi connectivity index (χ0v) is 16.5. The lowest BCUT2D eigenvalue weighted by Crippen LogP contribution is -2.48. The van der Waals surface area contributed by atoms with Gasteiger partial charge in [-0.1, -0.05) is 36.4 Å². The third-order valence-corrected chi connectivity index (χ3v) is 4.04. The Labute approximate surface area is 165 Å². The van der Waals surface area contributed by atoms with E-state index >= 15 is 0 Å². The average molecular weight is 387 g/mol. The summed E-state index contributed by atoms with van der Waals surface area (Å²) in [5.74, 6) is 0.330. The van der Waals surface area contributed by atoms with Crippen LogP contribution in [-0.2, 0) is 11.2 Å². The molecule has 1 amide bonds. The number of nitrogens with one attached hydrogen (secondary N) is 3. The number of carbonyl (C=O) groups excluding carboxylic acids is 1. The highest BCUT2D eigenvalue weighted by Crippen LogP contribution is 2.18. The van der Waals surface area contributed by atoms with Crippen LogP contribution >= 0.6 is 12.2 Å². The van der Waals surface area contributed by atoms with Gasteiger partial charge in [-0.15, -0.1) is 0 Å². The maximum atomic E-state index is 11.9. The molecule has 0 fully saturated rings. The summed E-state index contributed by atoms with van der Waals surface area (Å²) in [7, 11) is 3.90. The Bertz CT molecular complexity index is 738. The maximum Gasteiger partial charge on any atom is 0.276 e. The van der Waals surface area contributed by atoms with Crippen molar-refractivity contribution in [2.24, 2.45) is 0 Å². The van der Waals surface area contributed by atoms with Crippen LogP contribution in [-0.4, -0.2) is 38.3 Å². The number of thiocarbonyl (C=S) groups is 1. The molecule has 0 atom stereocenters. The molecular weight excluding hydrogens is 360 g/mol. The van der Waals surface area contributed by atoms with Crippen LogP contribution in [0.15, 0.2) is 54.6 Å². The topological polar surface area (TPSA) is 65.6 Å². The molecule has 7 heteroatoms. The zero-order valence-electron chi connectivity index (χ0n) is 15.7. The number of ether oxygens (including phenoxy) is 1. The molecule has 6 nitrogen and oxygen atoms in total. The number of hydrazine groups is 1. The Balaban J connectivity index is 1.59. The van der Waals surface area contributed by atoms with Crippen molar-refractivity contribution in [1.29, 1.82) is 0 Å². The first-order valence-corrected chi connectivity index (χ1v) is 9.22. The second kappa shape index (κ2) is 11.0. The number of amides is 1. The molecule has 0 saturated carbocycles. The van der Waals surface area contributed by atoms with E-state index in [0.29, 0.717) is 10.9 Å². The van der Waals surface area contributed by atoms with E-state index < -0.39 is 0 Å². The molecular formula is C20H26N4O2S. The highest BCUT2D eigenvalue weighted by molar-refractivity contribution is 7.80. The van der Waals surface area contributed by atoms with Crippen LogP contribution in [0.5, 0.6) is 5.75 Å². The smallest absolute Gasteiger partial charge is 0.276 e. The quantitative estimate of drug-likeness (QED) is 0.367. The van der Waals surface area contributed by atoms with Gasteiger partial charge in [-0.3, -0.25) is 15.6 Å². The number of hydrogen-bond donors (Lipinski definition) is 3. The first-order chi connectivity index (χ1) is 13.0. The van der Waals surface area contributed by atoms with Gasteiger partial charge in [-0.25, -0.2) is 0 Å². The van der Waals surface area contributed by atoms with Crippen molar-refractivity contribution < 1.29 is 9.53 Å². The normalized spacial score (nSPS) is 10.0. The molecule has 2 aromatic carbocycles. The van der Waals surface area contributed by atoms with E-state index in [1.807, 2.05) is 61.5 Å². The van der Waals surface area contributed by atoms with Crippen molar-refractivity contribution in [1.82, 2.24) is 16.2 Å². The minimum Gasteiger partial charge on any atom is -0.484 e. The van der Waals surface area contributed by atoms with Crippen LogP contribution in [0, 0.1) is 0 Å². The summed E-state index contributed by atoms with van der Waals surface area (Å²) in [5.41, 5.74) is 7.50. The van der Waals surface area contributed by atoms with Crippen LogP contribution in [0.25, 0.3) is 0 Å². The molecule has 0 aliphatic rings. The monoisotopic (exact) mass is 386 g/mol. The van der Waals surface area contributed by atoms with Crippen molar-refractivity contribution in [3.05, 3.63) is 60.2 Å². The SMILES string of the molecule is CN(C)c1cccc(OCC(=O)NNC(=S)NCCCc2ccccc2)c1. The van der Waals surface area contributed by atoms with Gasteiger partial charge >= 0.3 is 0 Å². The standard InChI is InChI=1S/C20H26N4O2S/c1-24(2)17-11-6-12-18(14-17)26-15-19(25)22-23-20(27)21-13-7-10-16-8-4-3-5-9-16/h3-6,8-9,11-12,14H,7,10,13,15H2,1-2H3,(H,22,25)(H2,21,23,27). The Morgan fingerprint density at radius 3 is 2.59 bits per heavy atom. The van der Waals surface area contributed by atoms with Crippen LogP contribution < -0.4 is 25.8 Å². The Morgan fingerprint density at radius 2 is 1.85 bits per heavy atom. The van der Waals surface area contributed by atoms with E-state index in [-0.39, 0.29) is 12.5 Å². The zero-order chi connectivity index (χ0) is 19.5. The fraction of sp³-hybridized carbons (Fsp3) is 0.300. The lowest BCUT2D eigenvalue weighted by molar-refractivity contribution is -0.123. The van der Waals surface area contributed by atoms with Crippen molar-refractivity contribution in [2.45, 2.75) is 12.8 Å². The van der Waals surface area contributed by atoms with Gasteiger partial charge in [0.15, 0.2) is 11.7 Å². The van der Waals surface area contributed by atoms with Gasteiger partial charge in [-0.05, 0) is 42.8 Å². The third-order valence-electron chi connectivity index (χ3n) is 3.79. The predicted molar refractivity (Wildman–Crippen MR) is 113 cm³/mol. The Kier molecular flexibility index (Phi) is 8.38. The van der Waals surface area contributed by atoms with Gasteiger partial charge in [0.25, 0.3) is 5.91 Å². The second-order valence-electron chi connectivity index (χ2n) is 6.20. The van der Waals surface area contributed by atoms with E-state index in [4.69, 9.17) is 17.0 Å². The number of aryl methyl sites for hydroxylation is 1. The molecule has 0 heterocycles. The van der Waals surface area contributed by atoms with Crippen molar-refractivity contribution in [2.75, 3.05) is 32.1 Å². The minimum absolute atomic E-state index is 0.0967. The van der Waals surface area contributed by atoms with Crippen molar-refractivity contribution >= 4 is 28.9 Å². The van der Waals surface area contributed by atoms with E-state index in [1.54, 1.807) is 0 Å². The van der Waals surface area contributed by atoms with Gasteiger partial charge in [0, 0.05) is 32.4 Å². The summed E-state index contributed by atoms with van der Waals surface area (Å²) in [6.45, 7) is 0.630. The number of hydrogen-bond acceptors (Lipinski definition) is 4. The van der Waals surface area contributed by atoms with Crippen LogP contribution in [0.2, 0.25) is 0 Å². The van der Waals surface area contributed by atoms with Crippen molar-refractivity contribution in [3.8, 4) is 5.75 Å². The molecule has 0 bridgehead atoms. The van der Waals surface area contributed by atoms with Crippen molar-refractivity contribution in [3.63, 3.8) is 0 Å². The molecule has 0 radical (unpaired) electrons. The Hall–Kier alpha value is -2.80. The summed E-state index contributed by atoms with van der Waals surface area (Å²) >= 11 is 5.14. The number of rotatable bonds is 8.